The first-order valence-corrected chi connectivity index (χ1v) is 11.6. The van der Waals surface area contributed by atoms with Crippen LogP contribution in [0.15, 0.2) is 47.2 Å². The predicted octanol–water partition coefficient (Wildman–Crippen LogP) is 2.28. The molecule has 2 heterocycles. The van der Waals surface area contributed by atoms with Gasteiger partial charge in [0.05, 0.1) is 31.1 Å². The smallest absolute Gasteiger partial charge is 0.215 e. The predicted molar refractivity (Wildman–Crippen MR) is 146 cm³/mol. The number of carbonyl (C=O) groups is 1. The molecule has 3 rings (SSSR count). The minimum absolute atomic E-state index is 0.0455. The third kappa shape index (κ3) is 10.7. The van der Waals surface area contributed by atoms with Gasteiger partial charge in [-0.25, -0.2) is 0 Å². The molecule has 0 amide bonds. The first-order chi connectivity index (χ1) is 17.1. The van der Waals surface area contributed by atoms with Crippen molar-refractivity contribution >= 4 is 24.5 Å². The van der Waals surface area contributed by atoms with Gasteiger partial charge in [-0.05, 0) is 62.6 Å². The Morgan fingerprint density at radius 2 is 1.92 bits per heavy atom. The summed E-state index contributed by atoms with van der Waals surface area (Å²) in [5.74, 6) is 1.36. The van der Waals surface area contributed by atoms with E-state index in [-0.39, 0.29) is 18.8 Å². The van der Waals surface area contributed by atoms with E-state index in [0.29, 0.717) is 24.8 Å². The van der Waals surface area contributed by atoms with Crippen LogP contribution in [0.25, 0.3) is 11.1 Å². The molecule has 10 nitrogen and oxygen atoms in total. The number of aliphatic hydroxyl groups is 1. The maximum absolute atomic E-state index is 9.02. The van der Waals surface area contributed by atoms with E-state index in [9.17, 15) is 0 Å². The number of pyridine rings is 1. The minimum atomic E-state index is -0.0758. The molecule has 1 aliphatic heterocycles. The number of hydrogen-bond acceptors (Lipinski definition) is 10. The molecule has 0 unspecified atom stereocenters. The summed E-state index contributed by atoms with van der Waals surface area (Å²) in [6.07, 6.45) is 2.90. The normalized spacial score (nSPS) is 13.9. The maximum atomic E-state index is 9.02. The Hall–Kier alpha value is -3.63. The van der Waals surface area contributed by atoms with Crippen LogP contribution >= 0.6 is 0 Å². The zero-order valence-corrected chi connectivity index (χ0v) is 21.7. The lowest BCUT2D eigenvalue weighted by Crippen LogP contribution is -2.36. The number of anilines is 2. The molecule has 1 fully saturated rings. The van der Waals surface area contributed by atoms with Crippen molar-refractivity contribution in [1.29, 1.82) is 0 Å². The van der Waals surface area contributed by atoms with Gasteiger partial charge in [0.25, 0.3) is 0 Å². The third-order valence-electron chi connectivity index (χ3n) is 4.83. The van der Waals surface area contributed by atoms with Gasteiger partial charge in [0.15, 0.2) is 0 Å². The SMILES string of the molecule is C=O.CC(C)(C)N=C/C(N)=C\N.Cc1ccc(N)cc1-c1cc(OCCO)nc(N2CCOCC2)c1. The third-order valence-corrected chi connectivity index (χ3v) is 4.83. The standard InChI is InChI=1S/C18H23N3O3.C7H15N3.CH2O/c1-13-2-3-15(19)12-16(13)14-10-17(21-4-7-23-8-5-21)20-18(11-14)24-9-6-22;1-7(2,3)10-5-6(9)4-8;1-2/h2-3,10-12,22H,4-9,19H2,1H3;4-5H,8-9H2,1-3H3;1H2/b;6-4+,10-5?;. The van der Waals surface area contributed by atoms with Crippen molar-refractivity contribution in [3.8, 4) is 17.0 Å². The average Bonchev–Trinajstić information content (AvgIpc) is 2.89. The van der Waals surface area contributed by atoms with E-state index in [0.717, 1.165) is 41.3 Å². The largest absolute Gasteiger partial charge is 0.475 e. The summed E-state index contributed by atoms with van der Waals surface area (Å²) in [4.78, 5) is 18.9. The number of hydrogen-bond donors (Lipinski definition) is 4. The molecule has 2 aromatic rings. The van der Waals surface area contributed by atoms with Crippen molar-refractivity contribution < 1.29 is 19.4 Å². The van der Waals surface area contributed by atoms with Gasteiger partial charge in [-0.15, -0.1) is 0 Å². The minimum Gasteiger partial charge on any atom is -0.475 e. The van der Waals surface area contributed by atoms with Crippen molar-refractivity contribution in [2.24, 2.45) is 16.5 Å². The van der Waals surface area contributed by atoms with E-state index in [1.54, 1.807) is 6.21 Å². The van der Waals surface area contributed by atoms with Crippen LogP contribution in [0.3, 0.4) is 0 Å². The maximum Gasteiger partial charge on any atom is 0.215 e. The van der Waals surface area contributed by atoms with Gasteiger partial charge < -0.3 is 41.5 Å². The Balaban J connectivity index is 0.000000458. The number of carbonyl (C=O) groups excluding carboxylic acids is 1. The quantitative estimate of drug-likeness (QED) is 0.344. The number of morpholine rings is 1. The Labute approximate surface area is 213 Å². The van der Waals surface area contributed by atoms with Crippen molar-refractivity contribution in [2.75, 3.05) is 50.2 Å². The van der Waals surface area contributed by atoms with Crippen molar-refractivity contribution in [3.05, 3.63) is 47.8 Å². The topological polar surface area (TPSA) is 162 Å². The van der Waals surface area contributed by atoms with Crippen molar-refractivity contribution in [1.82, 2.24) is 4.98 Å². The highest BCUT2D eigenvalue weighted by Crippen LogP contribution is 2.31. The molecule has 198 valence electrons. The summed E-state index contributed by atoms with van der Waals surface area (Å²) in [7, 11) is 0. The molecule has 0 atom stereocenters. The lowest BCUT2D eigenvalue weighted by atomic mass is 10.0. The molecule has 1 aliphatic rings. The molecular weight excluding hydrogens is 460 g/mol. The molecule has 7 N–H and O–H groups in total. The fraction of sp³-hybridized carbons (Fsp3) is 0.423. The molecule has 1 aromatic carbocycles. The summed E-state index contributed by atoms with van der Waals surface area (Å²) in [6.45, 7) is 13.2. The lowest BCUT2D eigenvalue weighted by molar-refractivity contribution is -0.0980. The zero-order valence-electron chi connectivity index (χ0n) is 21.7. The molecule has 1 saturated heterocycles. The number of nitrogen functional groups attached to an aromatic ring is 1. The number of rotatable bonds is 6. The highest BCUT2D eigenvalue weighted by atomic mass is 16.5. The Bertz CT molecular complexity index is 998. The molecule has 10 heteroatoms. The molecule has 36 heavy (non-hydrogen) atoms. The van der Waals surface area contributed by atoms with Crippen molar-refractivity contribution in [3.63, 3.8) is 0 Å². The van der Waals surface area contributed by atoms with Gasteiger partial charge in [0.2, 0.25) is 5.88 Å². The molecule has 1 aromatic heterocycles. The average molecular weight is 501 g/mol. The van der Waals surface area contributed by atoms with E-state index in [2.05, 4.69) is 27.9 Å². The van der Waals surface area contributed by atoms with E-state index >= 15 is 0 Å². The number of benzene rings is 1. The lowest BCUT2D eigenvalue weighted by Gasteiger charge is -2.28. The van der Waals surface area contributed by atoms with E-state index in [1.807, 2.05) is 51.8 Å². The Kier molecular flexibility index (Phi) is 13.0. The number of aryl methyl sites for hydroxylation is 1. The summed E-state index contributed by atoms with van der Waals surface area (Å²) >= 11 is 0. The highest BCUT2D eigenvalue weighted by molar-refractivity contribution is 5.77. The first kappa shape index (κ1) is 30.4. The zero-order chi connectivity index (χ0) is 27.1. The van der Waals surface area contributed by atoms with E-state index < -0.39 is 0 Å². The van der Waals surface area contributed by atoms with Gasteiger partial charge in [0.1, 0.15) is 19.2 Å². The summed E-state index contributed by atoms with van der Waals surface area (Å²) in [5.41, 5.74) is 20.8. The number of aromatic nitrogens is 1. The second-order valence-corrected chi connectivity index (χ2v) is 8.89. The summed E-state index contributed by atoms with van der Waals surface area (Å²) < 4.78 is 11.0. The molecule has 0 bridgehead atoms. The number of allylic oxidation sites excluding steroid dienone is 1. The van der Waals surface area contributed by atoms with Gasteiger partial charge in [-0.1, -0.05) is 6.07 Å². The highest BCUT2D eigenvalue weighted by Gasteiger charge is 2.16. The number of nitrogens with zero attached hydrogens (tertiary/aromatic N) is 3. The molecule has 0 radical (unpaired) electrons. The van der Waals surface area contributed by atoms with Crippen molar-refractivity contribution in [2.45, 2.75) is 33.2 Å². The second kappa shape index (κ2) is 15.4. The van der Waals surface area contributed by atoms with E-state index in [1.165, 1.54) is 6.20 Å². The molecular formula is C26H40N6O4. The van der Waals surface area contributed by atoms with Crippen LogP contribution in [0.5, 0.6) is 5.88 Å². The molecule has 0 spiro atoms. The number of aliphatic hydroxyl groups excluding tert-OH is 1. The van der Waals surface area contributed by atoms with Gasteiger partial charge in [0, 0.05) is 37.3 Å². The first-order valence-electron chi connectivity index (χ1n) is 11.6. The number of nitrogens with two attached hydrogens (primary N) is 3. The van der Waals surface area contributed by atoms with Crippen LogP contribution in [0.1, 0.15) is 26.3 Å². The van der Waals surface area contributed by atoms with Gasteiger partial charge >= 0.3 is 0 Å². The van der Waals surface area contributed by atoms with Gasteiger partial charge in [-0.2, -0.15) is 4.98 Å². The van der Waals surface area contributed by atoms with Crippen LogP contribution < -0.4 is 26.8 Å². The molecule has 0 saturated carbocycles. The monoisotopic (exact) mass is 500 g/mol. The van der Waals surface area contributed by atoms with Crippen LogP contribution in [-0.2, 0) is 9.53 Å². The fourth-order valence-electron chi connectivity index (χ4n) is 3.09. The summed E-state index contributed by atoms with van der Waals surface area (Å²) in [5, 5.41) is 9.02. The van der Waals surface area contributed by atoms with Crippen LogP contribution in [0.4, 0.5) is 11.5 Å². The fourth-order valence-corrected chi connectivity index (χ4v) is 3.09. The molecule has 0 aliphatic carbocycles. The van der Waals surface area contributed by atoms with Crippen LogP contribution in [0.2, 0.25) is 0 Å². The Morgan fingerprint density at radius 1 is 1.25 bits per heavy atom. The number of aliphatic imine (C=N–C) groups is 1. The Morgan fingerprint density at radius 3 is 2.50 bits per heavy atom. The van der Waals surface area contributed by atoms with Crippen LogP contribution in [-0.4, -0.2) is 68.2 Å². The van der Waals surface area contributed by atoms with Crippen LogP contribution in [0, 0.1) is 6.92 Å². The summed E-state index contributed by atoms with van der Waals surface area (Å²) in [6, 6.07) is 9.81. The van der Waals surface area contributed by atoms with Gasteiger partial charge in [-0.3, -0.25) is 4.99 Å². The number of ether oxygens (including phenoxy) is 2. The second-order valence-electron chi connectivity index (χ2n) is 8.89. The van der Waals surface area contributed by atoms with E-state index in [4.69, 9.17) is 36.6 Å².